The average molecular weight is 392 g/mol. The van der Waals surface area contributed by atoms with Crippen LogP contribution >= 0.6 is 0 Å². The molecule has 0 aliphatic carbocycles. The Bertz CT molecular complexity index is 701. The number of hydrogen-bond donors (Lipinski definition) is 2. The normalized spacial score (nSPS) is 20.9. The zero-order valence-corrected chi connectivity index (χ0v) is 15.4. The largest absolute Gasteiger partial charge is 0.450 e. The molecule has 10 nitrogen and oxygen atoms in total. The van der Waals surface area contributed by atoms with Crippen LogP contribution in [0, 0.1) is 0 Å². The van der Waals surface area contributed by atoms with Gasteiger partial charge in [0, 0.05) is 13.0 Å². The van der Waals surface area contributed by atoms with Crippen molar-refractivity contribution in [3.8, 4) is 0 Å². The summed E-state index contributed by atoms with van der Waals surface area (Å²) in [6.07, 6.45) is 0.732. The van der Waals surface area contributed by atoms with Gasteiger partial charge in [0.25, 0.3) is 5.91 Å². The van der Waals surface area contributed by atoms with Crippen molar-refractivity contribution in [2.24, 2.45) is 5.73 Å². The van der Waals surface area contributed by atoms with Gasteiger partial charge in [0.05, 0.1) is 19.3 Å². The molecule has 4 amide bonds. The number of carbonyl (C=O) groups excluding carboxylic acids is 3. The molecule has 0 spiro atoms. The fraction of sp³-hybridized carbons (Fsp3) is 0.500. The minimum Gasteiger partial charge on any atom is -0.450 e. The fourth-order valence-electron chi connectivity index (χ4n) is 3.28. The Morgan fingerprint density at radius 1 is 1.18 bits per heavy atom. The maximum atomic E-state index is 12.6. The second-order valence-electron chi connectivity index (χ2n) is 6.60. The number of fused-ring (bicyclic) bond motifs is 2. The molecule has 0 unspecified atom stereocenters. The lowest BCUT2D eigenvalue weighted by atomic mass is 10.0. The number of primary amides is 1. The molecule has 2 heterocycles. The topological polar surface area (TPSA) is 123 Å². The summed E-state index contributed by atoms with van der Waals surface area (Å²) in [5.41, 5.74) is 8.16. The Morgan fingerprint density at radius 3 is 2.71 bits per heavy atom. The van der Waals surface area contributed by atoms with E-state index in [2.05, 4.69) is 10.2 Å². The number of benzene rings is 1. The Hall–Kier alpha value is -2.85. The summed E-state index contributed by atoms with van der Waals surface area (Å²) < 4.78 is 4.56. The lowest BCUT2D eigenvalue weighted by Crippen LogP contribution is -2.49. The maximum Gasteiger partial charge on any atom is 0.404 e. The van der Waals surface area contributed by atoms with Gasteiger partial charge in [0.2, 0.25) is 0 Å². The van der Waals surface area contributed by atoms with Crippen molar-refractivity contribution in [1.29, 1.82) is 0 Å². The van der Waals surface area contributed by atoms with E-state index in [-0.39, 0.29) is 31.2 Å². The molecule has 3 N–H and O–H groups in total. The zero-order valence-electron chi connectivity index (χ0n) is 15.4. The SMILES string of the molecule is NC(=O)OCCCONC(=O)[C@@H]1CC[C@@H]2CN1C(=O)N2OCc1ccccc1. The van der Waals surface area contributed by atoms with Crippen molar-refractivity contribution in [1.82, 2.24) is 15.4 Å². The molecular formula is C18H24N4O6. The number of carbonyl (C=O) groups is 3. The third-order valence-corrected chi connectivity index (χ3v) is 4.65. The smallest absolute Gasteiger partial charge is 0.404 e. The summed E-state index contributed by atoms with van der Waals surface area (Å²) in [4.78, 5) is 47.8. The monoisotopic (exact) mass is 392 g/mol. The highest BCUT2D eigenvalue weighted by atomic mass is 16.7. The summed E-state index contributed by atoms with van der Waals surface area (Å²) in [6.45, 7) is 1.01. The predicted molar refractivity (Wildman–Crippen MR) is 96.2 cm³/mol. The number of rotatable bonds is 9. The second kappa shape index (κ2) is 9.38. The molecule has 152 valence electrons. The van der Waals surface area contributed by atoms with Crippen LogP contribution in [0.1, 0.15) is 24.8 Å². The van der Waals surface area contributed by atoms with Gasteiger partial charge in [-0.25, -0.2) is 15.1 Å². The van der Waals surface area contributed by atoms with E-state index in [1.165, 1.54) is 9.96 Å². The quantitative estimate of drug-likeness (QED) is 0.476. The lowest BCUT2D eigenvalue weighted by Gasteiger charge is -2.28. The van der Waals surface area contributed by atoms with Crippen LogP contribution in [0.2, 0.25) is 0 Å². The van der Waals surface area contributed by atoms with Crippen molar-refractivity contribution < 1.29 is 28.8 Å². The molecule has 2 atom stereocenters. The van der Waals surface area contributed by atoms with Crippen LogP contribution in [0.3, 0.4) is 0 Å². The number of hydroxylamine groups is 3. The molecule has 28 heavy (non-hydrogen) atoms. The van der Waals surface area contributed by atoms with Crippen LogP contribution in [0.15, 0.2) is 30.3 Å². The molecule has 0 radical (unpaired) electrons. The van der Waals surface area contributed by atoms with E-state index in [4.69, 9.17) is 15.4 Å². The van der Waals surface area contributed by atoms with E-state index < -0.39 is 12.1 Å². The van der Waals surface area contributed by atoms with Gasteiger partial charge in [-0.15, -0.1) is 0 Å². The van der Waals surface area contributed by atoms with Gasteiger partial charge in [-0.3, -0.25) is 14.5 Å². The molecular weight excluding hydrogens is 368 g/mol. The van der Waals surface area contributed by atoms with Gasteiger partial charge in [-0.1, -0.05) is 30.3 Å². The molecule has 3 rings (SSSR count). The van der Waals surface area contributed by atoms with E-state index in [0.717, 1.165) is 5.56 Å². The highest BCUT2D eigenvalue weighted by Gasteiger charge is 2.48. The number of nitrogens with zero attached hydrogens (tertiary/aromatic N) is 2. The first-order valence-corrected chi connectivity index (χ1v) is 9.17. The van der Waals surface area contributed by atoms with Crippen molar-refractivity contribution in [2.75, 3.05) is 19.8 Å². The van der Waals surface area contributed by atoms with Crippen molar-refractivity contribution in [3.63, 3.8) is 0 Å². The molecule has 1 aromatic carbocycles. The Kier molecular flexibility index (Phi) is 6.66. The van der Waals surface area contributed by atoms with Crippen molar-refractivity contribution in [2.45, 2.75) is 38.0 Å². The summed E-state index contributed by atoms with van der Waals surface area (Å²) in [5.74, 6) is -0.382. The highest BCUT2D eigenvalue weighted by Crippen LogP contribution is 2.30. The number of nitrogens with one attached hydrogen (secondary N) is 1. The van der Waals surface area contributed by atoms with E-state index in [1.807, 2.05) is 30.3 Å². The molecule has 2 bridgehead atoms. The first kappa shape index (κ1) is 19.9. The highest BCUT2D eigenvalue weighted by molar-refractivity contribution is 5.88. The Balaban J connectivity index is 1.44. The summed E-state index contributed by atoms with van der Waals surface area (Å²) in [5, 5.41) is 1.38. The molecule has 10 heteroatoms. The number of ether oxygens (including phenoxy) is 1. The van der Waals surface area contributed by atoms with Crippen LogP contribution in [-0.4, -0.2) is 59.8 Å². The minimum absolute atomic E-state index is 0.0628. The molecule has 0 saturated carbocycles. The summed E-state index contributed by atoms with van der Waals surface area (Å²) in [6, 6.07) is 8.61. The number of piperidine rings is 1. The van der Waals surface area contributed by atoms with Crippen LogP contribution in [-0.2, 0) is 25.8 Å². The third kappa shape index (κ3) is 4.90. The fourth-order valence-corrected chi connectivity index (χ4v) is 3.28. The first-order chi connectivity index (χ1) is 13.6. The van der Waals surface area contributed by atoms with E-state index in [0.29, 0.717) is 32.4 Å². The zero-order chi connectivity index (χ0) is 19.9. The molecule has 2 saturated heterocycles. The molecule has 2 fully saturated rings. The minimum atomic E-state index is -0.854. The molecule has 1 aromatic rings. The molecule has 2 aliphatic heterocycles. The van der Waals surface area contributed by atoms with E-state index in [1.54, 1.807) is 0 Å². The van der Waals surface area contributed by atoms with Crippen molar-refractivity contribution >= 4 is 18.0 Å². The van der Waals surface area contributed by atoms with Crippen LogP contribution in [0.25, 0.3) is 0 Å². The average Bonchev–Trinajstić information content (AvgIpc) is 2.93. The Morgan fingerprint density at radius 2 is 1.96 bits per heavy atom. The van der Waals surface area contributed by atoms with E-state index >= 15 is 0 Å². The Labute approximate surface area is 162 Å². The molecule has 2 aliphatic rings. The van der Waals surface area contributed by atoms with Gasteiger partial charge in [0.1, 0.15) is 12.6 Å². The summed E-state index contributed by atoms with van der Waals surface area (Å²) in [7, 11) is 0. The van der Waals surface area contributed by atoms with E-state index in [9.17, 15) is 14.4 Å². The van der Waals surface area contributed by atoms with Gasteiger partial charge in [0.15, 0.2) is 0 Å². The van der Waals surface area contributed by atoms with Crippen LogP contribution < -0.4 is 11.2 Å². The number of amides is 4. The van der Waals surface area contributed by atoms with Crippen LogP contribution in [0.4, 0.5) is 9.59 Å². The number of nitrogens with two attached hydrogens (primary N) is 1. The predicted octanol–water partition coefficient (Wildman–Crippen LogP) is 0.920. The van der Waals surface area contributed by atoms with Crippen LogP contribution in [0.5, 0.6) is 0 Å². The maximum absolute atomic E-state index is 12.6. The lowest BCUT2D eigenvalue weighted by molar-refractivity contribution is -0.141. The van der Waals surface area contributed by atoms with Gasteiger partial charge < -0.3 is 15.4 Å². The van der Waals surface area contributed by atoms with Gasteiger partial charge in [-0.2, -0.15) is 5.06 Å². The van der Waals surface area contributed by atoms with Gasteiger partial charge >= 0.3 is 12.1 Å². The number of urea groups is 1. The third-order valence-electron chi connectivity index (χ3n) is 4.65. The number of hydrogen-bond acceptors (Lipinski definition) is 6. The standard InChI is InChI=1S/C18H24N4O6/c19-17(24)26-9-4-10-27-20-16(23)15-8-7-14-11-21(15)18(25)22(14)28-12-13-5-2-1-3-6-13/h1-3,5-6,14-15H,4,7-12H2,(H2,19,24)(H,20,23)/t14-,15+/m1/s1. The second-order valence-corrected chi connectivity index (χ2v) is 6.60. The summed E-state index contributed by atoms with van der Waals surface area (Å²) >= 11 is 0. The van der Waals surface area contributed by atoms with Crippen molar-refractivity contribution in [3.05, 3.63) is 35.9 Å². The first-order valence-electron chi connectivity index (χ1n) is 9.17. The van der Waals surface area contributed by atoms with Gasteiger partial charge in [-0.05, 0) is 18.4 Å². The molecule has 0 aromatic heterocycles.